The van der Waals surface area contributed by atoms with Crippen molar-refractivity contribution >= 4 is 10.0 Å². The number of ether oxygens (including phenoxy) is 2. The Morgan fingerprint density at radius 1 is 1.00 bits per heavy atom. The fourth-order valence-electron chi connectivity index (χ4n) is 4.05. The molecular weight excluding hydrogens is 416 g/mol. The molecular formula is C23H24N2O5S. The van der Waals surface area contributed by atoms with Crippen molar-refractivity contribution in [3.8, 4) is 11.5 Å². The first-order valence-electron chi connectivity index (χ1n) is 9.85. The second-order valence-corrected chi connectivity index (χ2v) is 9.17. The molecule has 0 saturated carbocycles. The Hall–Kier alpha value is -2.94. The summed E-state index contributed by atoms with van der Waals surface area (Å²) in [5.74, 6) is 1.08. The number of sulfonamides is 1. The standard InChI is InChI=1S/C23H24N2O5S/c1-29-20-8-5-6-17(23(20)30-2)14-19-22(26)18-7-3-4-9-21(18)31(27,28)25(19)15-16-10-12-24-13-11-16/h3-13,19,22,26H,14-15H2,1-2H3/t19-,22-/m1/s1. The first-order chi connectivity index (χ1) is 15.0. The van der Waals surface area contributed by atoms with Gasteiger partial charge >= 0.3 is 0 Å². The maximum atomic E-state index is 13.6. The van der Waals surface area contributed by atoms with E-state index in [0.717, 1.165) is 11.1 Å². The number of nitrogens with zero attached hydrogens (tertiary/aromatic N) is 2. The van der Waals surface area contributed by atoms with Crippen LogP contribution in [0.1, 0.15) is 22.8 Å². The van der Waals surface area contributed by atoms with Gasteiger partial charge in [-0.1, -0.05) is 30.3 Å². The minimum Gasteiger partial charge on any atom is -0.493 e. The lowest BCUT2D eigenvalue weighted by Gasteiger charge is -2.39. The zero-order chi connectivity index (χ0) is 22.0. The van der Waals surface area contributed by atoms with E-state index >= 15 is 0 Å². The van der Waals surface area contributed by atoms with Crippen LogP contribution in [-0.2, 0) is 23.0 Å². The van der Waals surface area contributed by atoms with Crippen molar-refractivity contribution in [2.24, 2.45) is 0 Å². The van der Waals surface area contributed by atoms with Crippen molar-refractivity contribution in [2.45, 2.75) is 30.0 Å². The predicted octanol–water partition coefficient (Wildman–Crippen LogP) is 2.95. The van der Waals surface area contributed by atoms with Gasteiger partial charge in [-0.05, 0) is 41.8 Å². The van der Waals surface area contributed by atoms with Crippen LogP contribution in [0.25, 0.3) is 0 Å². The molecule has 0 bridgehead atoms. The number of aromatic nitrogens is 1. The monoisotopic (exact) mass is 440 g/mol. The van der Waals surface area contributed by atoms with Gasteiger partial charge in [0.25, 0.3) is 0 Å². The number of aliphatic hydroxyl groups excluding tert-OH is 1. The van der Waals surface area contributed by atoms with Crippen molar-refractivity contribution in [3.63, 3.8) is 0 Å². The third-order valence-corrected chi connectivity index (χ3v) is 7.50. The van der Waals surface area contributed by atoms with Crippen LogP contribution in [0.2, 0.25) is 0 Å². The van der Waals surface area contributed by atoms with Crippen LogP contribution in [0.5, 0.6) is 11.5 Å². The summed E-state index contributed by atoms with van der Waals surface area (Å²) in [5.41, 5.74) is 1.94. The highest BCUT2D eigenvalue weighted by Crippen LogP contribution is 2.41. The number of aliphatic hydroxyl groups is 1. The molecule has 2 heterocycles. The van der Waals surface area contributed by atoms with Crippen molar-refractivity contribution < 1.29 is 23.0 Å². The van der Waals surface area contributed by atoms with Crippen molar-refractivity contribution in [2.75, 3.05) is 14.2 Å². The number of pyridine rings is 1. The molecule has 1 aliphatic rings. The molecule has 2 atom stereocenters. The van der Waals surface area contributed by atoms with Crippen LogP contribution in [0.15, 0.2) is 71.9 Å². The molecule has 0 saturated heterocycles. The SMILES string of the molecule is COc1cccc(C[C@@H]2[C@H](O)c3ccccc3S(=O)(=O)N2Cc2ccncc2)c1OC. The van der Waals surface area contributed by atoms with Crippen LogP contribution in [0, 0.1) is 0 Å². The third-order valence-electron chi connectivity index (χ3n) is 5.56. The molecule has 4 rings (SSSR count). The van der Waals surface area contributed by atoms with Gasteiger partial charge in [0.1, 0.15) is 0 Å². The summed E-state index contributed by atoms with van der Waals surface area (Å²) in [6.07, 6.45) is 2.49. The van der Waals surface area contributed by atoms with Gasteiger partial charge in [0.2, 0.25) is 10.0 Å². The number of hydrogen-bond donors (Lipinski definition) is 1. The molecule has 0 radical (unpaired) electrons. The summed E-state index contributed by atoms with van der Waals surface area (Å²) in [6.45, 7) is 0.118. The van der Waals surface area contributed by atoms with E-state index < -0.39 is 22.2 Å². The number of methoxy groups -OCH3 is 2. The second-order valence-electron chi connectivity index (χ2n) is 7.31. The third kappa shape index (κ3) is 3.89. The van der Waals surface area contributed by atoms with Gasteiger partial charge in [0.15, 0.2) is 11.5 Å². The largest absolute Gasteiger partial charge is 0.493 e. The van der Waals surface area contributed by atoms with Gasteiger partial charge in [0, 0.05) is 24.5 Å². The van der Waals surface area contributed by atoms with E-state index in [-0.39, 0.29) is 17.9 Å². The van der Waals surface area contributed by atoms with Crippen molar-refractivity contribution in [3.05, 3.63) is 83.7 Å². The van der Waals surface area contributed by atoms with E-state index in [1.165, 1.54) is 10.4 Å². The Morgan fingerprint density at radius 2 is 1.74 bits per heavy atom. The maximum absolute atomic E-state index is 13.6. The van der Waals surface area contributed by atoms with Gasteiger partial charge in [-0.3, -0.25) is 4.98 Å². The van der Waals surface area contributed by atoms with E-state index in [4.69, 9.17) is 9.47 Å². The van der Waals surface area contributed by atoms with Crippen LogP contribution >= 0.6 is 0 Å². The quantitative estimate of drug-likeness (QED) is 0.634. The zero-order valence-electron chi connectivity index (χ0n) is 17.3. The highest BCUT2D eigenvalue weighted by molar-refractivity contribution is 7.89. The number of hydrogen-bond acceptors (Lipinski definition) is 6. The van der Waals surface area contributed by atoms with Crippen LogP contribution < -0.4 is 9.47 Å². The molecule has 0 amide bonds. The normalized spacial score (nSPS) is 20.1. The predicted molar refractivity (Wildman–Crippen MR) is 115 cm³/mol. The smallest absolute Gasteiger partial charge is 0.244 e. The van der Waals surface area contributed by atoms with E-state index in [9.17, 15) is 13.5 Å². The van der Waals surface area contributed by atoms with Crippen molar-refractivity contribution in [1.29, 1.82) is 0 Å². The fraction of sp³-hybridized carbons (Fsp3) is 0.261. The van der Waals surface area contributed by atoms with Gasteiger partial charge < -0.3 is 14.6 Å². The summed E-state index contributed by atoms with van der Waals surface area (Å²) in [5, 5.41) is 11.3. The minimum atomic E-state index is -3.84. The summed E-state index contributed by atoms with van der Waals surface area (Å²) >= 11 is 0. The van der Waals surface area contributed by atoms with Crippen molar-refractivity contribution in [1.82, 2.24) is 9.29 Å². The van der Waals surface area contributed by atoms with Gasteiger partial charge in [0.05, 0.1) is 31.3 Å². The summed E-state index contributed by atoms with van der Waals surface area (Å²) in [7, 11) is -0.747. The average Bonchev–Trinajstić information content (AvgIpc) is 2.80. The van der Waals surface area contributed by atoms with Crippen LogP contribution in [0.3, 0.4) is 0 Å². The molecule has 0 spiro atoms. The van der Waals surface area contributed by atoms with E-state index in [1.807, 2.05) is 12.1 Å². The molecule has 1 aromatic heterocycles. The highest BCUT2D eigenvalue weighted by Gasteiger charge is 2.43. The molecule has 8 heteroatoms. The first kappa shape index (κ1) is 21.3. The molecule has 162 valence electrons. The zero-order valence-corrected chi connectivity index (χ0v) is 18.1. The molecule has 0 fully saturated rings. The van der Waals surface area contributed by atoms with E-state index in [1.54, 1.807) is 63.0 Å². The van der Waals surface area contributed by atoms with Gasteiger partial charge in [-0.2, -0.15) is 4.31 Å². The lowest BCUT2D eigenvalue weighted by molar-refractivity contribution is 0.0765. The average molecular weight is 441 g/mol. The second kappa shape index (κ2) is 8.66. The number of fused-ring (bicyclic) bond motifs is 1. The first-order valence-corrected chi connectivity index (χ1v) is 11.3. The molecule has 1 aliphatic heterocycles. The maximum Gasteiger partial charge on any atom is 0.244 e. The summed E-state index contributed by atoms with van der Waals surface area (Å²) in [4.78, 5) is 4.14. The van der Waals surface area contributed by atoms with Crippen LogP contribution in [-0.4, -0.2) is 43.1 Å². The van der Waals surface area contributed by atoms with Gasteiger partial charge in [-0.25, -0.2) is 8.42 Å². The molecule has 1 N–H and O–H groups in total. The summed E-state index contributed by atoms with van der Waals surface area (Å²) in [6, 6.07) is 14.9. The highest BCUT2D eigenvalue weighted by atomic mass is 32.2. The topological polar surface area (TPSA) is 89.0 Å². The lowest BCUT2D eigenvalue weighted by Crippen LogP contribution is -2.48. The number of rotatable bonds is 6. The molecule has 3 aromatic rings. The van der Waals surface area contributed by atoms with E-state index in [2.05, 4.69) is 4.98 Å². The molecule has 7 nitrogen and oxygen atoms in total. The van der Waals surface area contributed by atoms with Gasteiger partial charge in [-0.15, -0.1) is 0 Å². The molecule has 0 unspecified atom stereocenters. The Labute approximate surface area is 181 Å². The van der Waals surface area contributed by atoms with Crippen LogP contribution in [0.4, 0.5) is 0 Å². The summed E-state index contributed by atoms with van der Waals surface area (Å²) < 4.78 is 39.4. The molecule has 2 aromatic carbocycles. The Kier molecular flexibility index (Phi) is 5.95. The Morgan fingerprint density at radius 3 is 2.45 bits per heavy atom. The number of para-hydroxylation sites is 1. The fourth-order valence-corrected chi connectivity index (χ4v) is 5.91. The molecule has 0 aliphatic carbocycles. The molecule has 31 heavy (non-hydrogen) atoms. The number of benzene rings is 2. The lowest BCUT2D eigenvalue weighted by atomic mass is 9.94. The Bertz CT molecular complexity index is 1170. The van der Waals surface area contributed by atoms with E-state index in [0.29, 0.717) is 17.1 Å². The Balaban J connectivity index is 1.82. The minimum absolute atomic E-state index is 0.118.